The second-order valence-electron chi connectivity index (χ2n) is 6.79. The van der Waals surface area contributed by atoms with Crippen molar-refractivity contribution in [3.05, 3.63) is 53.4 Å². The van der Waals surface area contributed by atoms with Gasteiger partial charge in [-0.05, 0) is 30.0 Å². The molecule has 0 radical (unpaired) electrons. The number of ether oxygens (including phenoxy) is 1. The predicted molar refractivity (Wildman–Crippen MR) is 111 cm³/mol. The molecular weight excluding hydrogens is 412 g/mol. The summed E-state index contributed by atoms with van der Waals surface area (Å²) in [7, 11) is -3.09. The number of aromatic nitrogens is 1. The highest BCUT2D eigenvalue weighted by molar-refractivity contribution is 7.91. The number of rotatable bonds is 5. The lowest BCUT2D eigenvalue weighted by molar-refractivity contribution is -0.124. The second-order valence-corrected chi connectivity index (χ2v) is 9.97. The lowest BCUT2D eigenvalue weighted by Gasteiger charge is -2.12. The number of thiophene rings is 1. The Bertz CT molecular complexity index is 1170. The van der Waals surface area contributed by atoms with Gasteiger partial charge in [-0.2, -0.15) is 0 Å². The Morgan fingerprint density at radius 2 is 2.03 bits per heavy atom. The summed E-state index contributed by atoms with van der Waals surface area (Å²) in [5, 5.41) is 5.17. The van der Waals surface area contributed by atoms with E-state index in [1.807, 2.05) is 29.6 Å². The highest BCUT2D eigenvalue weighted by Gasteiger charge is 2.29. The largest absolute Gasteiger partial charge is 0.452 e. The number of nitrogens with zero attached hydrogens (tertiary/aromatic N) is 1. The standard InChI is InChI=1S/C20H18N2O5S2/c23-19(21-13-7-9-29(25,26)12-13)11-27-20(24)15-10-17(18-6-3-8-28-18)22-16-5-2-1-4-14(15)16/h1-6,8,10,13H,7,9,11-12H2,(H,21,23)/t13-/m1/s1. The number of amides is 1. The molecule has 4 rings (SSSR count). The van der Waals surface area contributed by atoms with E-state index in [-0.39, 0.29) is 11.5 Å². The van der Waals surface area contributed by atoms with Crippen molar-refractivity contribution in [1.29, 1.82) is 0 Å². The summed E-state index contributed by atoms with van der Waals surface area (Å²) in [4.78, 5) is 30.3. The Balaban J connectivity index is 1.50. The fourth-order valence-corrected chi connectivity index (χ4v) is 5.64. The molecule has 1 saturated heterocycles. The molecule has 0 unspecified atom stereocenters. The molecular formula is C20H18N2O5S2. The number of carbonyl (C=O) groups is 2. The molecule has 0 spiro atoms. The summed E-state index contributed by atoms with van der Waals surface area (Å²) < 4.78 is 28.2. The molecule has 1 atom stereocenters. The van der Waals surface area contributed by atoms with Gasteiger partial charge in [-0.3, -0.25) is 4.79 Å². The Morgan fingerprint density at radius 1 is 1.21 bits per heavy atom. The highest BCUT2D eigenvalue weighted by Crippen LogP contribution is 2.28. The number of esters is 1. The number of sulfone groups is 1. The SMILES string of the molecule is O=C(COC(=O)c1cc(-c2cccs2)nc2ccccc12)N[C@@H]1CCS(=O)(=O)C1. The average Bonchev–Trinajstić information content (AvgIpc) is 3.35. The van der Waals surface area contributed by atoms with Gasteiger partial charge in [0.15, 0.2) is 16.4 Å². The third-order valence-electron chi connectivity index (χ3n) is 4.64. The van der Waals surface area contributed by atoms with E-state index in [2.05, 4.69) is 10.3 Å². The van der Waals surface area contributed by atoms with Crippen LogP contribution in [0.25, 0.3) is 21.5 Å². The number of fused-ring (bicyclic) bond motifs is 1. The lowest BCUT2D eigenvalue weighted by Crippen LogP contribution is -2.38. The first kappa shape index (κ1) is 19.5. The molecule has 3 heterocycles. The summed E-state index contributed by atoms with van der Waals surface area (Å²) in [5.74, 6) is -1.16. The van der Waals surface area contributed by atoms with Crippen LogP contribution in [0, 0.1) is 0 Å². The van der Waals surface area contributed by atoms with Crippen LogP contribution in [0.15, 0.2) is 47.8 Å². The Hall–Kier alpha value is -2.78. The monoisotopic (exact) mass is 430 g/mol. The molecule has 1 amide bonds. The number of carbonyl (C=O) groups excluding carboxylic acids is 2. The molecule has 7 nitrogen and oxygen atoms in total. The number of hydrogen-bond donors (Lipinski definition) is 1. The number of nitrogens with one attached hydrogen (secondary N) is 1. The molecule has 0 aliphatic carbocycles. The molecule has 150 valence electrons. The highest BCUT2D eigenvalue weighted by atomic mass is 32.2. The van der Waals surface area contributed by atoms with Gasteiger partial charge in [0.1, 0.15) is 0 Å². The minimum atomic E-state index is -3.09. The van der Waals surface area contributed by atoms with Gasteiger partial charge in [0, 0.05) is 11.4 Å². The number of para-hydroxylation sites is 1. The van der Waals surface area contributed by atoms with Crippen LogP contribution >= 0.6 is 11.3 Å². The van der Waals surface area contributed by atoms with E-state index in [4.69, 9.17) is 4.74 Å². The number of pyridine rings is 1. The predicted octanol–water partition coefficient (Wildman–Crippen LogP) is 2.42. The smallest absolute Gasteiger partial charge is 0.339 e. The zero-order valence-corrected chi connectivity index (χ0v) is 17.0. The van der Waals surface area contributed by atoms with E-state index >= 15 is 0 Å². The zero-order chi connectivity index (χ0) is 20.4. The fourth-order valence-electron chi connectivity index (χ4n) is 3.28. The first-order chi connectivity index (χ1) is 13.9. The molecule has 1 aliphatic heterocycles. The summed E-state index contributed by atoms with van der Waals surface area (Å²) in [6.45, 7) is -0.472. The Labute approximate surface area is 171 Å². The fraction of sp³-hybridized carbons (Fsp3) is 0.250. The topological polar surface area (TPSA) is 102 Å². The first-order valence-corrected chi connectivity index (χ1v) is 11.7. The molecule has 0 bridgehead atoms. The molecule has 9 heteroatoms. The van der Waals surface area contributed by atoms with Gasteiger partial charge in [0.25, 0.3) is 5.91 Å². The molecule has 3 aromatic rings. The second kappa shape index (κ2) is 7.92. The van der Waals surface area contributed by atoms with E-state index < -0.39 is 34.4 Å². The maximum Gasteiger partial charge on any atom is 0.339 e. The molecule has 1 aromatic carbocycles. The molecule has 1 N–H and O–H groups in total. The van der Waals surface area contributed by atoms with Gasteiger partial charge in [-0.1, -0.05) is 24.3 Å². The van der Waals surface area contributed by atoms with E-state index in [1.165, 1.54) is 11.3 Å². The van der Waals surface area contributed by atoms with Crippen molar-refractivity contribution in [1.82, 2.24) is 10.3 Å². The van der Waals surface area contributed by atoms with Crippen molar-refractivity contribution in [3.8, 4) is 10.6 Å². The Morgan fingerprint density at radius 3 is 2.76 bits per heavy atom. The van der Waals surface area contributed by atoms with E-state index in [0.29, 0.717) is 28.6 Å². The van der Waals surface area contributed by atoms with Crippen LogP contribution < -0.4 is 5.32 Å². The maximum absolute atomic E-state index is 12.7. The normalized spacial score (nSPS) is 17.9. The van der Waals surface area contributed by atoms with Gasteiger partial charge in [0.2, 0.25) is 0 Å². The van der Waals surface area contributed by atoms with Crippen LogP contribution in [0.5, 0.6) is 0 Å². The van der Waals surface area contributed by atoms with Crippen LogP contribution in [0.3, 0.4) is 0 Å². The summed E-state index contributed by atoms with van der Waals surface area (Å²) in [5.41, 5.74) is 1.65. The van der Waals surface area contributed by atoms with Crippen molar-refractivity contribution >= 4 is 44.0 Å². The van der Waals surface area contributed by atoms with Gasteiger partial charge in [-0.15, -0.1) is 11.3 Å². The third-order valence-corrected chi connectivity index (χ3v) is 7.30. The van der Waals surface area contributed by atoms with Crippen LogP contribution in [-0.4, -0.2) is 49.4 Å². The van der Waals surface area contributed by atoms with Crippen molar-refractivity contribution in [2.45, 2.75) is 12.5 Å². The van der Waals surface area contributed by atoms with Crippen molar-refractivity contribution in [2.24, 2.45) is 0 Å². The van der Waals surface area contributed by atoms with E-state index in [0.717, 1.165) is 4.88 Å². The minimum absolute atomic E-state index is 0.0617. The average molecular weight is 431 g/mol. The molecule has 0 saturated carbocycles. The maximum atomic E-state index is 12.7. The van der Waals surface area contributed by atoms with Crippen LogP contribution in [0.1, 0.15) is 16.8 Å². The van der Waals surface area contributed by atoms with E-state index in [1.54, 1.807) is 18.2 Å². The number of hydrogen-bond acceptors (Lipinski definition) is 7. The molecule has 2 aromatic heterocycles. The van der Waals surface area contributed by atoms with Crippen molar-refractivity contribution in [3.63, 3.8) is 0 Å². The minimum Gasteiger partial charge on any atom is -0.452 e. The molecule has 29 heavy (non-hydrogen) atoms. The first-order valence-electron chi connectivity index (χ1n) is 9.02. The number of benzene rings is 1. The summed E-state index contributed by atoms with van der Waals surface area (Å²) >= 11 is 1.51. The van der Waals surface area contributed by atoms with E-state index in [9.17, 15) is 18.0 Å². The molecule has 1 aliphatic rings. The van der Waals surface area contributed by atoms with Gasteiger partial charge in [-0.25, -0.2) is 18.2 Å². The summed E-state index contributed by atoms with van der Waals surface area (Å²) in [6.07, 6.45) is 0.376. The van der Waals surface area contributed by atoms with Crippen LogP contribution in [0.2, 0.25) is 0 Å². The lowest BCUT2D eigenvalue weighted by atomic mass is 10.1. The van der Waals surface area contributed by atoms with Crippen molar-refractivity contribution < 1.29 is 22.7 Å². The third kappa shape index (κ3) is 4.46. The van der Waals surface area contributed by atoms with Gasteiger partial charge >= 0.3 is 5.97 Å². The zero-order valence-electron chi connectivity index (χ0n) is 15.3. The molecule has 1 fully saturated rings. The van der Waals surface area contributed by atoms with Gasteiger partial charge in [0.05, 0.1) is 33.2 Å². The Kier molecular flexibility index (Phi) is 5.33. The van der Waals surface area contributed by atoms with Crippen LogP contribution in [0.4, 0.5) is 0 Å². The summed E-state index contributed by atoms with van der Waals surface area (Å²) in [6, 6.07) is 12.3. The quantitative estimate of drug-likeness (QED) is 0.624. The van der Waals surface area contributed by atoms with Gasteiger partial charge < -0.3 is 10.1 Å². The van der Waals surface area contributed by atoms with Crippen molar-refractivity contribution in [2.75, 3.05) is 18.1 Å². The van der Waals surface area contributed by atoms with Crippen LogP contribution in [-0.2, 0) is 19.4 Å².